The summed E-state index contributed by atoms with van der Waals surface area (Å²) < 4.78 is 3.78. The van der Waals surface area contributed by atoms with Crippen molar-refractivity contribution in [1.29, 1.82) is 0 Å². The Balaban J connectivity index is 2.28. The number of aryl methyl sites for hydroxylation is 2. The average Bonchev–Trinajstić information content (AvgIpc) is 2.89. The number of nitrogens with zero attached hydrogens (tertiary/aromatic N) is 4. The van der Waals surface area contributed by atoms with E-state index in [9.17, 15) is 0 Å². The van der Waals surface area contributed by atoms with Crippen LogP contribution in [0.2, 0.25) is 5.02 Å². The van der Waals surface area contributed by atoms with E-state index in [-0.39, 0.29) is 0 Å². The van der Waals surface area contributed by atoms with Crippen LogP contribution in [0.15, 0.2) is 12.3 Å². The molecule has 0 saturated carbocycles. The van der Waals surface area contributed by atoms with Crippen molar-refractivity contribution in [3.05, 3.63) is 34.4 Å². The van der Waals surface area contributed by atoms with Gasteiger partial charge in [0.05, 0.1) is 28.6 Å². The largest absolute Gasteiger partial charge is 0.314 e. The standard InChI is InChI=1S/C12H18ClN5/c1-4-10-12(13)11(17(3)16-10)8-18-9(7-14-2)5-6-15-18/h5-6,14H,4,7-8H2,1-3H3. The van der Waals surface area contributed by atoms with E-state index < -0.39 is 0 Å². The molecular weight excluding hydrogens is 250 g/mol. The van der Waals surface area contributed by atoms with Gasteiger partial charge in [0.15, 0.2) is 0 Å². The van der Waals surface area contributed by atoms with Crippen molar-refractivity contribution in [2.24, 2.45) is 7.05 Å². The first kappa shape index (κ1) is 13.1. The molecule has 0 spiro atoms. The van der Waals surface area contributed by atoms with E-state index in [0.29, 0.717) is 6.54 Å². The van der Waals surface area contributed by atoms with Crippen molar-refractivity contribution in [3.8, 4) is 0 Å². The zero-order valence-electron chi connectivity index (χ0n) is 10.9. The molecule has 2 heterocycles. The van der Waals surface area contributed by atoms with Crippen molar-refractivity contribution in [3.63, 3.8) is 0 Å². The lowest BCUT2D eigenvalue weighted by molar-refractivity contribution is 0.583. The molecule has 0 bridgehead atoms. The van der Waals surface area contributed by atoms with Gasteiger partial charge in [-0.15, -0.1) is 0 Å². The molecule has 2 aromatic rings. The van der Waals surface area contributed by atoms with Crippen LogP contribution in [0.4, 0.5) is 0 Å². The summed E-state index contributed by atoms with van der Waals surface area (Å²) in [5.74, 6) is 0. The highest BCUT2D eigenvalue weighted by Gasteiger charge is 2.14. The molecule has 0 fully saturated rings. The monoisotopic (exact) mass is 267 g/mol. The molecule has 2 rings (SSSR count). The summed E-state index contributed by atoms with van der Waals surface area (Å²) in [5, 5.41) is 12.6. The number of halogens is 1. The number of rotatable bonds is 5. The van der Waals surface area contributed by atoms with Crippen molar-refractivity contribution >= 4 is 11.6 Å². The number of hydrogen-bond acceptors (Lipinski definition) is 3. The highest BCUT2D eigenvalue weighted by Crippen LogP contribution is 2.21. The quantitative estimate of drug-likeness (QED) is 0.895. The van der Waals surface area contributed by atoms with Crippen molar-refractivity contribution in [2.45, 2.75) is 26.4 Å². The molecule has 0 saturated heterocycles. The molecule has 0 aliphatic heterocycles. The van der Waals surface area contributed by atoms with Crippen LogP contribution in [-0.4, -0.2) is 26.6 Å². The minimum Gasteiger partial charge on any atom is -0.314 e. The fourth-order valence-electron chi connectivity index (χ4n) is 1.97. The van der Waals surface area contributed by atoms with Crippen LogP contribution in [0.5, 0.6) is 0 Å². The molecular formula is C12H18ClN5. The smallest absolute Gasteiger partial charge is 0.0869 e. The molecule has 0 aromatic carbocycles. The Kier molecular flexibility index (Phi) is 4.04. The number of hydrogen-bond donors (Lipinski definition) is 1. The minimum atomic E-state index is 0.645. The molecule has 18 heavy (non-hydrogen) atoms. The molecule has 5 nitrogen and oxygen atoms in total. The van der Waals surface area contributed by atoms with Gasteiger partial charge in [0.1, 0.15) is 0 Å². The normalized spacial score (nSPS) is 11.1. The Bertz CT molecular complexity index is 529. The third-order valence-corrected chi connectivity index (χ3v) is 3.40. The zero-order chi connectivity index (χ0) is 13.1. The van der Waals surface area contributed by atoms with Crippen molar-refractivity contribution in [1.82, 2.24) is 24.9 Å². The van der Waals surface area contributed by atoms with Gasteiger partial charge >= 0.3 is 0 Å². The summed E-state index contributed by atoms with van der Waals surface area (Å²) in [4.78, 5) is 0. The van der Waals surface area contributed by atoms with E-state index in [2.05, 4.69) is 22.4 Å². The second kappa shape index (κ2) is 5.54. The highest BCUT2D eigenvalue weighted by atomic mass is 35.5. The molecule has 0 aliphatic rings. The fourth-order valence-corrected chi connectivity index (χ4v) is 2.32. The Morgan fingerprint density at radius 1 is 1.44 bits per heavy atom. The topological polar surface area (TPSA) is 47.7 Å². The molecule has 0 atom stereocenters. The van der Waals surface area contributed by atoms with E-state index in [1.54, 1.807) is 6.20 Å². The summed E-state index contributed by atoms with van der Waals surface area (Å²) >= 11 is 6.34. The average molecular weight is 268 g/mol. The van der Waals surface area contributed by atoms with Gasteiger partial charge in [0.2, 0.25) is 0 Å². The maximum Gasteiger partial charge on any atom is 0.0869 e. The molecule has 0 unspecified atom stereocenters. The third kappa shape index (κ3) is 2.42. The van der Waals surface area contributed by atoms with E-state index in [1.165, 1.54) is 0 Å². The lowest BCUT2D eigenvalue weighted by Crippen LogP contribution is -2.14. The third-order valence-electron chi connectivity index (χ3n) is 2.96. The minimum absolute atomic E-state index is 0.645. The SMILES string of the molecule is CCc1nn(C)c(Cn2nccc2CNC)c1Cl. The van der Waals surface area contributed by atoms with Crippen LogP contribution in [0.3, 0.4) is 0 Å². The van der Waals surface area contributed by atoms with E-state index in [0.717, 1.165) is 35.1 Å². The van der Waals surface area contributed by atoms with Crippen LogP contribution in [-0.2, 0) is 26.6 Å². The van der Waals surface area contributed by atoms with E-state index in [4.69, 9.17) is 11.6 Å². The summed E-state index contributed by atoms with van der Waals surface area (Å²) in [7, 11) is 3.84. The molecule has 2 aromatic heterocycles. The number of aromatic nitrogens is 4. The Morgan fingerprint density at radius 3 is 2.83 bits per heavy atom. The van der Waals surface area contributed by atoms with Crippen LogP contribution >= 0.6 is 11.6 Å². The molecule has 0 radical (unpaired) electrons. The Labute approximate surface area is 112 Å². The first-order valence-corrected chi connectivity index (χ1v) is 6.40. The van der Waals surface area contributed by atoms with Crippen molar-refractivity contribution < 1.29 is 0 Å². The Hall–Kier alpha value is -1.33. The van der Waals surface area contributed by atoms with Crippen LogP contribution < -0.4 is 5.32 Å². The second-order valence-electron chi connectivity index (χ2n) is 4.20. The van der Waals surface area contributed by atoms with Gasteiger partial charge in [-0.2, -0.15) is 10.2 Å². The first-order chi connectivity index (χ1) is 8.67. The molecule has 0 amide bonds. The van der Waals surface area contributed by atoms with Crippen LogP contribution in [0, 0.1) is 0 Å². The lowest BCUT2D eigenvalue weighted by Gasteiger charge is -2.08. The van der Waals surface area contributed by atoms with E-state index >= 15 is 0 Å². The second-order valence-corrected chi connectivity index (χ2v) is 4.57. The fraction of sp³-hybridized carbons (Fsp3) is 0.500. The predicted molar refractivity (Wildman–Crippen MR) is 71.7 cm³/mol. The van der Waals surface area contributed by atoms with Crippen LogP contribution in [0.1, 0.15) is 24.0 Å². The van der Waals surface area contributed by atoms with Crippen LogP contribution in [0.25, 0.3) is 0 Å². The molecule has 0 aliphatic carbocycles. The summed E-state index contributed by atoms with van der Waals surface area (Å²) in [6, 6.07) is 2.00. The van der Waals surface area contributed by atoms with Gasteiger partial charge < -0.3 is 5.32 Å². The van der Waals surface area contributed by atoms with Crippen molar-refractivity contribution in [2.75, 3.05) is 7.05 Å². The summed E-state index contributed by atoms with van der Waals surface area (Å²) in [6.07, 6.45) is 2.65. The van der Waals surface area contributed by atoms with Gasteiger partial charge in [0, 0.05) is 19.8 Å². The zero-order valence-corrected chi connectivity index (χ0v) is 11.7. The summed E-state index contributed by atoms with van der Waals surface area (Å²) in [5.41, 5.74) is 3.07. The predicted octanol–water partition coefficient (Wildman–Crippen LogP) is 1.60. The highest BCUT2D eigenvalue weighted by molar-refractivity contribution is 6.31. The first-order valence-electron chi connectivity index (χ1n) is 6.02. The molecule has 1 N–H and O–H groups in total. The van der Waals surface area contributed by atoms with Gasteiger partial charge in [-0.05, 0) is 19.5 Å². The maximum absolute atomic E-state index is 6.34. The van der Waals surface area contributed by atoms with E-state index in [1.807, 2.05) is 29.5 Å². The number of nitrogens with one attached hydrogen (secondary N) is 1. The molecule has 6 heteroatoms. The van der Waals surface area contributed by atoms with Gasteiger partial charge in [0.25, 0.3) is 0 Å². The molecule has 98 valence electrons. The van der Waals surface area contributed by atoms with Gasteiger partial charge in [-0.25, -0.2) is 0 Å². The maximum atomic E-state index is 6.34. The van der Waals surface area contributed by atoms with Gasteiger partial charge in [-0.1, -0.05) is 18.5 Å². The summed E-state index contributed by atoms with van der Waals surface area (Å²) in [6.45, 7) is 3.49. The Morgan fingerprint density at radius 2 is 2.22 bits per heavy atom. The van der Waals surface area contributed by atoms with Gasteiger partial charge in [-0.3, -0.25) is 9.36 Å². The lowest BCUT2D eigenvalue weighted by atomic mass is 10.3.